The third-order valence-corrected chi connectivity index (χ3v) is 6.65. The first kappa shape index (κ1) is 27.3. The minimum atomic E-state index is -4.77. The lowest BCUT2D eigenvalue weighted by Crippen LogP contribution is -2.30. The number of carboxylic acid groups (broad SMARTS) is 1. The molecule has 0 radical (unpaired) electrons. The third kappa shape index (κ3) is 6.76. The van der Waals surface area contributed by atoms with Crippen LogP contribution in [0.15, 0.2) is 42.5 Å². The number of aromatic nitrogens is 2. The van der Waals surface area contributed by atoms with Crippen LogP contribution in [0.1, 0.15) is 62.9 Å². The number of hydrogen-bond donors (Lipinski definition) is 3. The topological polar surface area (TPSA) is 105 Å². The number of hydrogen-bond acceptors (Lipinski definition) is 5. The van der Waals surface area contributed by atoms with Gasteiger partial charge in [0.2, 0.25) is 5.95 Å². The molecule has 0 saturated heterocycles. The molecule has 0 spiro atoms. The van der Waals surface area contributed by atoms with E-state index >= 15 is 0 Å². The molecule has 1 aliphatic carbocycles. The Morgan fingerprint density at radius 2 is 1.87 bits per heavy atom. The summed E-state index contributed by atoms with van der Waals surface area (Å²) in [6.07, 6.45) is -2.09. The summed E-state index contributed by atoms with van der Waals surface area (Å²) in [6, 6.07) is 10.6. The van der Waals surface area contributed by atoms with Crippen LogP contribution in [0.3, 0.4) is 0 Å². The number of carboxylic acids is 1. The third-order valence-electron chi connectivity index (χ3n) is 6.65. The molecule has 1 amide bonds. The largest absolute Gasteiger partial charge is 0.573 e. The standard InChI is InChI=1S/C27H31F3N4O4/c1-16-12-19(15-26(2,3)14-16)34-22-13-17(24(37)31-11-10-23(35)36)4-9-21(22)33-25(34)32-18-5-7-20(8-6-18)38-27(28,29)30/h4-9,13,16,19H,10-12,14-15H2,1-3H3,(H,31,37)(H,32,33)(H,35,36)/t16-,19+/m0/s1. The second-order valence-corrected chi connectivity index (χ2v) is 10.7. The summed E-state index contributed by atoms with van der Waals surface area (Å²) >= 11 is 0. The number of alkyl halides is 3. The maximum absolute atomic E-state index is 12.7. The van der Waals surface area contributed by atoms with Crippen LogP contribution in [0.2, 0.25) is 0 Å². The van der Waals surface area contributed by atoms with E-state index in [0.29, 0.717) is 28.6 Å². The number of nitrogens with one attached hydrogen (secondary N) is 2. The molecule has 3 aromatic rings. The number of imidazole rings is 1. The lowest BCUT2D eigenvalue weighted by atomic mass is 9.70. The summed E-state index contributed by atoms with van der Waals surface area (Å²) in [4.78, 5) is 28.3. The number of fused-ring (bicyclic) bond motifs is 1. The number of amides is 1. The van der Waals surface area contributed by atoms with E-state index in [1.54, 1.807) is 18.2 Å². The molecule has 3 N–H and O–H groups in total. The van der Waals surface area contributed by atoms with E-state index in [4.69, 9.17) is 10.1 Å². The van der Waals surface area contributed by atoms with Gasteiger partial charge in [0.1, 0.15) is 5.75 Å². The Bertz CT molecular complexity index is 1320. The predicted octanol–water partition coefficient (Wildman–Crippen LogP) is 6.27. The summed E-state index contributed by atoms with van der Waals surface area (Å²) in [6.45, 7) is 6.67. The maximum Gasteiger partial charge on any atom is 0.573 e. The highest BCUT2D eigenvalue weighted by atomic mass is 19.4. The van der Waals surface area contributed by atoms with Crippen LogP contribution in [0.5, 0.6) is 5.75 Å². The van der Waals surface area contributed by atoms with Crippen molar-refractivity contribution in [1.29, 1.82) is 0 Å². The fraction of sp³-hybridized carbons (Fsp3) is 0.444. The van der Waals surface area contributed by atoms with Crippen molar-refractivity contribution in [2.75, 3.05) is 11.9 Å². The van der Waals surface area contributed by atoms with Crippen LogP contribution in [0.4, 0.5) is 24.8 Å². The first-order valence-electron chi connectivity index (χ1n) is 12.4. The summed E-state index contributed by atoms with van der Waals surface area (Å²) in [5, 5.41) is 14.7. The number of nitrogens with zero attached hydrogens (tertiary/aromatic N) is 2. The van der Waals surface area contributed by atoms with Gasteiger partial charge in [0.25, 0.3) is 5.91 Å². The zero-order valence-corrected chi connectivity index (χ0v) is 21.4. The Kier molecular flexibility index (Phi) is 7.57. The van der Waals surface area contributed by atoms with Crippen LogP contribution >= 0.6 is 0 Å². The molecule has 1 aliphatic rings. The second-order valence-electron chi connectivity index (χ2n) is 10.7. The van der Waals surface area contributed by atoms with Crippen molar-refractivity contribution < 1.29 is 32.6 Å². The molecule has 8 nitrogen and oxygen atoms in total. The molecular weight excluding hydrogens is 501 g/mol. The number of carbonyl (C=O) groups is 2. The summed E-state index contributed by atoms with van der Waals surface area (Å²) in [5.74, 6) is -0.731. The Morgan fingerprint density at radius 3 is 2.50 bits per heavy atom. The average molecular weight is 533 g/mol. The van der Waals surface area contributed by atoms with Gasteiger partial charge in [-0.3, -0.25) is 9.59 Å². The Balaban J connectivity index is 1.70. The molecule has 0 bridgehead atoms. The van der Waals surface area contributed by atoms with Gasteiger partial charge in [0.15, 0.2) is 0 Å². The van der Waals surface area contributed by atoms with Gasteiger partial charge in [-0.15, -0.1) is 13.2 Å². The highest BCUT2D eigenvalue weighted by Gasteiger charge is 2.35. The van der Waals surface area contributed by atoms with E-state index in [9.17, 15) is 22.8 Å². The van der Waals surface area contributed by atoms with Crippen molar-refractivity contribution in [3.8, 4) is 5.75 Å². The van der Waals surface area contributed by atoms with Crippen LogP contribution < -0.4 is 15.4 Å². The van der Waals surface area contributed by atoms with E-state index in [1.165, 1.54) is 24.3 Å². The molecule has 1 aromatic heterocycles. The fourth-order valence-corrected chi connectivity index (χ4v) is 5.44. The van der Waals surface area contributed by atoms with Gasteiger partial charge in [0.05, 0.1) is 17.5 Å². The quantitative estimate of drug-likeness (QED) is 0.316. The molecule has 11 heteroatoms. The highest BCUT2D eigenvalue weighted by Crippen LogP contribution is 2.46. The van der Waals surface area contributed by atoms with Crippen LogP contribution in [-0.4, -0.2) is 39.4 Å². The van der Waals surface area contributed by atoms with Crippen molar-refractivity contribution in [2.45, 2.75) is 58.9 Å². The minimum absolute atomic E-state index is 0.0145. The van der Waals surface area contributed by atoms with Gasteiger partial charge in [-0.25, -0.2) is 4.98 Å². The number of rotatable bonds is 8. The molecule has 2 aromatic carbocycles. The van der Waals surface area contributed by atoms with E-state index in [-0.39, 0.29) is 36.1 Å². The molecule has 1 fully saturated rings. The predicted molar refractivity (Wildman–Crippen MR) is 137 cm³/mol. The van der Waals surface area contributed by atoms with Crippen LogP contribution in [0.25, 0.3) is 11.0 Å². The second kappa shape index (κ2) is 10.5. The fourth-order valence-electron chi connectivity index (χ4n) is 5.44. The summed E-state index contributed by atoms with van der Waals surface area (Å²) in [5.41, 5.74) is 2.39. The maximum atomic E-state index is 12.7. The monoisotopic (exact) mass is 532 g/mol. The number of carbonyl (C=O) groups excluding carboxylic acids is 1. The van der Waals surface area contributed by atoms with E-state index in [1.807, 2.05) is 0 Å². The molecule has 0 aliphatic heterocycles. The smallest absolute Gasteiger partial charge is 0.481 e. The summed E-state index contributed by atoms with van der Waals surface area (Å²) < 4.78 is 43.7. The molecule has 2 atom stereocenters. The van der Waals surface area contributed by atoms with Gasteiger partial charge in [-0.05, 0) is 73.1 Å². The average Bonchev–Trinajstić information content (AvgIpc) is 3.14. The minimum Gasteiger partial charge on any atom is -0.481 e. The Hall–Kier alpha value is -3.76. The van der Waals surface area contributed by atoms with E-state index < -0.39 is 12.3 Å². The van der Waals surface area contributed by atoms with Gasteiger partial charge in [-0.1, -0.05) is 20.8 Å². The Labute approximate surface area is 218 Å². The number of anilines is 2. The molecule has 1 heterocycles. The molecular formula is C27H31F3N4O4. The summed E-state index contributed by atoms with van der Waals surface area (Å²) in [7, 11) is 0. The van der Waals surface area contributed by atoms with Crippen molar-refractivity contribution >= 4 is 34.5 Å². The number of aliphatic carboxylic acids is 1. The lowest BCUT2D eigenvalue weighted by Gasteiger charge is -2.40. The molecule has 0 unspecified atom stereocenters. The number of halogens is 3. The van der Waals surface area contributed by atoms with Crippen molar-refractivity contribution in [2.24, 2.45) is 11.3 Å². The van der Waals surface area contributed by atoms with E-state index in [2.05, 4.69) is 40.7 Å². The van der Waals surface area contributed by atoms with Gasteiger partial charge < -0.3 is 25.0 Å². The molecule has 38 heavy (non-hydrogen) atoms. The Morgan fingerprint density at radius 1 is 1.16 bits per heavy atom. The first-order valence-corrected chi connectivity index (χ1v) is 12.4. The first-order chi connectivity index (χ1) is 17.8. The van der Waals surface area contributed by atoms with E-state index in [0.717, 1.165) is 24.8 Å². The normalized spacial score (nSPS) is 19.2. The van der Waals surface area contributed by atoms with Gasteiger partial charge in [0, 0.05) is 23.8 Å². The molecule has 204 valence electrons. The van der Waals surface area contributed by atoms with Crippen molar-refractivity contribution in [1.82, 2.24) is 14.9 Å². The van der Waals surface area contributed by atoms with Gasteiger partial charge >= 0.3 is 12.3 Å². The van der Waals surface area contributed by atoms with Crippen LogP contribution in [0, 0.1) is 11.3 Å². The highest BCUT2D eigenvalue weighted by molar-refractivity contribution is 5.98. The molecule has 1 saturated carbocycles. The van der Waals surface area contributed by atoms with Crippen molar-refractivity contribution in [3.05, 3.63) is 48.0 Å². The SMILES string of the molecule is C[C@H]1C[C@@H](n2c(Nc3ccc(OC(F)(F)F)cc3)nc3ccc(C(=O)NCCC(=O)O)cc32)CC(C)(C)C1. The van der Waals surface area contributed by atoms with Crippen LogP contribution in [-0.2, 0) is 4.79 Å². The van der Waals surface area contributed by atoms with Gasteiger partial charge in [-0.2, -0.15) is 0 Å². The number of ether oxygens (including phenoxy) is 1. The lowest BCUT2D eigenvalue weighted by molar-refractivity contribution is -0.274. The number of benzene rings is 2. The molecule has 4 rings (SSSR count). The zero-order valence-electron chi connectivity index (χ0n) is 21.4. The zero-order chi connectivity index (χ0) is 27.7. The van der Waals surface area contributed by atoms with Crippen molar-refractivity contribution in [3.63, 3.8) is 0 Å².